The molecule has 0 aliphatic heterocycles. The lowest BCUT2D eigenvalue weighted by molar-refractivity contribution is -0.134. The molecule has 0 heterocycles. The molecule has 0 saturated heterocycles. The van der Waals surface area contributed by atoms with E-state index in [1.54, 1.807) is 0 Å². The van der Waals surface area contributed by atoms with E-state index in [1.165, 1.54) is 24.8 Å². The normalized spacial score (nSPS) is 29.7. The summed E-state index contributed by atoms with van der Waals surface area (Å²) in [4.78, 5) is 13.0. The highest BCUT2D eigenvalue weighted by Gasteiger charge is 2.55. The summed E-state index contributed by atoms with van der Waals surface area (Å²) in [5.41, 5.74) is 1.15. The van der Waals surface area contributed by atoms with Gasteiger partial charge in [0.05, 0.1) is 5.41 Å². The molecule has 1 aromatic rings. The van der Waals surface area contributed by atoms with Gasteiger partial charge in [0.25, 0.3) is 0 Å². The minimum Gasteiger partial charge on any atom is -0.354 e. The summed E-state index contributed by atoms with van der Waals surface area (Å²) in [6, 6.07) is 10.5. The molecule has 2 aliphatic carbocycles. The number of carbonyl (C=O) groups is 1. The summed E-state index contributed by atoms with van der Waals surface area (Å²) in [6.45, 7) is 4.64. The van der Waals surface area contributed by atoms with Gasteiger partial charge in [0, 0.05) is 13.1 Å². The molecule has 120 valence electrons. The van der Waals surface area contributed by atoms with E-state index in [4.69, 9.17) is 0 Å². The van der Waals surface area contributed by atoms with Crippen molar-refractivity contribution in [1.29, 1.82) is 0 Å². The average Bonchev–Trinajstić information content (AvgIpc) is 3.14. The van der Waals surface area contributed by atoms with Gasteiger partial charge in [0.2, 0.25) is 5.91 Å². The minimum atomic E-state index is -0.156. The summed E-state index contributed by atoms with van der Waals surface area (Å²) in [7, 11) is 0. The van der Waals surface area contributed by atoms with Gasteiger partial charge in [0.1, 0.15) is 0 Å². The third-order valence-corrected chi connectivity index (χ3v) is 5.63. The number of carbonyl (C=O) groups excluding carboxylic acids is 1. The molecule has 2 aliphatic rings. The predicted molar refractivity (Wildman–Crippen MR) is 89.6 cm³/mol. The number of fused-ring (bicyclic) bond motifs is 2. The van der Waals surface area contributed by atoms with Crippen molar-refractivity contribution in [2.75, 3.05) is 19.6 Å². The molecule has 0 radical (unpaired) electrons. The molecule has 2 saturated carbocycles. The lowest BCUT2D eigenvalue weighted by atomic mass is 9.68. The first-order valence-electron chi connectivity index (χ1n) is 8.77. The Bertz CT molecular complexity index is 501. The first-order chi connectivity index (χ1) is 10.7. The Morgan fingerprint density at radius 1 is 1.23 bits per heavy atom. The van der Waals surface area contributed by atoms with Crippen molar-refractivity contribution in [2.45, 2.75) is 39.0 Å². The van der Waals surface area contributed by atoms with E-state index in [-0.39, 0.29) is 5.41 Å². The standard InChI is InChI=1S/C19H28N2O/c1-2-20-10-11-21-18(22)19(13-15-6-4-3-5-7-15)14-16-8-9-17(19)12-16/h3-7,16-17,20H,2,8-14H2,1H3,(H,21,22). The van der Waals surface area contributed by atoms with Crippen molar-refractivity contribution < 1.29 is 4.79 Å². The number of nitrogens with one attached hydrogen (secondary N) is 2. The summed E-state index contributed by atoms with van der Waals surface area (Å²) >= 11 is 0. The maximum Gasteiger partial charge on any atom is 0.226 e. The van der Waals surface area contributed by atoms with E-state index in [0.29, 0.717) is 11.8 Å². The molecule has 22 heavy (non-hydrogen) atoms. The lowest BCUT2D eigenvalue weighted by Crippen LogP contribution is -2.47. The smallest absolute Gasteiger partial charge is 0.226 e. The SMILES string of the molecule is CCNCCNC(=O)C1(Cc2ccccc2)CC2CCC1C2. The maximum atomic E-state index is 13.0. The van der Waals surface area contributed by atoms with Crippen LogP contribution < -0.4 is 10.6 Å². The number of rotatable bonds is 7. The monoisotopic (exact) mass is 300 g/mol. The Kier molecular flexibility index (Phi) is 4.82. The Morgan fingerprint density at radius 3 is 2.68 bits per heavy atom. The van der Waals surface area contributed by atoms with Crippen molar-refractivity contribution in [1.82, 2.24) is 10.6 Å². The van der Waals surface area contributed by atoms with Crippen molar-refractivity contribution in [3.05, 3.63) is 35.9 Å². The van der Waals surface area contributed by atoms with E-state index < -0.39 is 0 Å². The number of amides is 1. The first kappa shape index (κ1) is 15.5. The van der Waals surface area contributed by atoms with Crippen molar-refractivity contribution in [2.24, 2.45) is 17.3 Å². The van der Waals surface area contributed by atoms with Crippen LogP contribution in [-0.2, 0) is 11.2 Å². The zero-order valence-electron chi connectivity index (χ0n) is 13.6. The highest BCUT2D eigenvalue weighted by molar-refractivity contribution is 5.84. The molecule has 2 bridgehead atoms. The molecule has 3 rings (SSSR count). The van der Waals surface area contributed by atoms with Gasteiger partial charge < -0.3 is 10.6 Å². The van der Waals surface area contributed by atoms with E-state index in [2.05, 4.69) is 41.8 Å². The van der Waals surface area contributed by atoms with Crippen LogP contribution in [0.2, 0.25) is 0 Å². The second-order valence-electron chi connectivity index (χ2n) is 7.01. The molecule has 2 fully saturated rings. The van der Waals surface area contributed by atoms with Gasteiger partial charge >= 0.3 is 0 Å². The molecule has 2 N–H and O–H groups in total. The summed E-state index contributed by atoms with van der Waals surface area (Å²) in [6.07, 6.45) is 5.80. The molecule has 0 spiro atoms. The lowest BCUT2D eigenvalue weighted by Gasteiger charge is -2.36. The number of benzene rings is 1. The van der Waals surface area contributed by atoms with Crippen molar-refractivity contribution in [3.8, 4) is 0 Å². The van der Waals surface area contributed by atoms with E-state index >= 15 is 0 Å². The van der Waals surface area contributed by atoms with Crippen LogP contribution in [0.1, 0.15) is 38.2 Å². The highest BCUT2D eigenvalue weighted by atomic mass is 16.2. The van der Waals surface area contributed by atoms with E-state index in [1.807, 2.05) is 6.07 Å². The average molecular weight is 300 g/mol. The molecule has 1 aromatic carbocycles. The molecule has 3 heteroatoms. The van der Waals surface area contributed by atoms with Crippen LogP contribution in [0.25, 0.3) is 0 Å². The van der Waals surface area contributed by atoms with Crippen molar-refractivity contribution in [3.63, 3.8) is 0 Å². The van der Waals surface area contributed by atoms with Crippen molar-refractivity contribution >= 4 is 5.91 Å². The van der Waals surface area contributed by atoms with Crippen LogP contribution in [0, 0.1) is 17.3 Å². The quantitative estimate of drug-likeness (QED) is 0.760. The fourth-order valence-electron chi connectivity index (χ4n) is 4.60. The first-order valence-corrected chi connectivity index (χ1v) is 8.77. The molecule has 3 atom stereocenters. The second-order valence-corrected chi connectivity index (χ2v) is 7.01. The zero-order chi connectivity index (χ0) is 15.4. The van der Waals surface area contributed by atoms with E-state index in [9.17, 15) is 4.79 Å². The van der Waals surface area contributed by atoms with Crippen LogP contribution in [-0.4, -0.2) is 25.5 Å². The third kappa shape index (κ3) is 3.05. The van der Waals surface area contributed by atoms with Crippen LogP contribution >= 0.6 is 0 Å². The van der Waals surface area contributed by atoms with Gasteiger partial charge in [-0.2, -0.15) is 0 Å². The number of hydrogen-bond acceptors (Lipinski definition) is 2. The summed E-state index contributed by atoms with van der Waals surface area (Å²) < 4.78 is 0. The molecular formula is C19H28N2O. The fraction of sp³-hybridized carbons (Fsp3) is 0.632. The highest BCUT2D eigenvalue weighted by Crippen LogP contribution is 2.57. The van der Waals surface area contributed by atoms with Crippen LogP contribution in [0.3, 0.4) is 0 Å². The molecule has 3 nitrogen and oxygen atoms in total. The Balaban J connectivity index is 1.71. The van der Waals surface area contributed by atoms with Gasteiger partial charge in [-0.05, 0) is 49.6 Å². The number of hydrogen-bond donors (Lipinski definition) is 2. The molecule has 0 aromatic heterocycles. The number of likely N-dealkylation sites (N-methyl/N-ethyl adjacent to an activating group) is 1. The maximum absolute atomic E-state index is 13.0. The van der Waals surface area contributed by atoms with Gasteiger partial charge in [-0.1, -0.05) is 43.7 Å². The Labute approximate surface area is 133 Å². The fourth-order valence-corrected chi connectivity index (χ4v) is 4.60. The van der Waals surface area contributed by atoms with Gasteiger partial charge in [0.15, 0.2) is 0 Å². The largest absolute Gasteiger partial charge is 0.354 e. The summed E-state index contributed by atoms with van der Waals surface area (Å²) in [5, 5.41) is 6.48. The van der Waals surface area contributed by atoms with Crippen LogP contribution in [0.15, 0.2) is 30.3 Å². The summed E-state index contributed by atoms with van der Waals surface area (Å²) in [5.74, 6) is 1.64. The topological polar surface area (TPSA) is 41.1 Å². The molecule has 3 unspecified atom stereocenters. The second kappa shape index (κ2) is 6.82. The van der Waals surface area contributed by atoms with Gasteiger partial charge in [-0.3, -0.25) is 4.79 Å². The Morgan fingerprint density at radius 2 is 2.05 bits per heavy atom. The minimum absolute atomic E-state index is 0.156. The zero-order valence-corrected chi connectivity index (χ0v) is 13.6. The van der Waals surface area contributed by atoms with Crippen LogP contribution in [0.4, 0.5) is 0 Å². The molecular weight excluding hydrogens is 272 g/mol. The third-order valence-electron chi connectivity index (χ3n) is 5.63. The van der Waals surface area contributed by atoms with E-state index in [0.717, 1.165) is 38.4 Å². The predicted octanol–water partition coefficient (Wildman–Crippen LogP) is 2.76. The van der Waals surface area contributed by atoms with Gasteiger partial charge in [-0.15, -0.1) is 0 Å². The molecule has 1 amide bonds. The van der Waals surface area contributed by atoms with Crippen LogP contribution in [0.5, 0.6) is 0 Å². The Hall–Kier alpha value is -1.35. The van der Waals surface area contributed by atoms with Gasteiger partial charge in [-0.25, -0.2) is 0 Å².